The summed E-state index contributed by atoms with van der Waals surface area (Å²) in [4.78, 5) is 1.08. The Kier molecular flexibility index (Phi) is 7.90. The molecule has 1 aromatic rings. The van der Waals surface area contributed by atoms with Gasteiger partial charge in [0.25, 0.3) is 0 Å². The van der Waals surface area contributed by atoms with Gasteiger partial charge in [0.1, 0.15) is 4.32 Å². The van der Waals surface area contributed by atoms with Crippen molar-refractivity contribution in [2.45, 2.75) is 17.7 Å². The average molecular weight is 322 g/mol. The maximum Gasteiger partial charge on any atom is 0.138 e. The summed E-state index contributed by atoms with van der Waals surface area (Å²) in [5.74, 6) is 0.763. The lowest BCUT2D eigenvalue weighted by Gasteiger charge is -2.07. The van der Waals surface area contributed by atoms with Crippen LogP contribution in [0.25, 0.3) is 0 Å². The van der Waals surface area contributed by atoms with Gasteiger partial charge in [-0.2, -0.15) is 0 Å². The van der Waals surface area contributed by atoms with Gasteiger partial charge in [0, 0.05) is 39.3 Å². The Labute approximate surface area is 125 Å². The van der Waals surface area contributed by atoms with Gasteiger partial charge in [-0.05, 0) is 37.1 Å². The van der Waals surface area contributed by atoms with E-state index in [0.717, 1.165) is 39.4 Å². The van der Waals surface area contributed by atoms with Crippen LogP contribution in [0.5, 0.6) is 0 Å². The largest absolute Gasteiger partial charge is 0.371 e. The van der Waals surface area contributed by atoms with Crippen LogP contribution in [-0.4, -0.2) is 27.1 Å². The van der Waals surface area contributed by atoms with Crippen LogP contribution >= 0.6 is 35.6 Å². The van der Waals surface area contributed by atoms with Crippen LogP contribution in [0.3, 0.4) is 0 Å². The minimum atomic E-state index is -0.692. The van der Waals surface area contributed by atoms with Crippen molar-refractivity contribution < 1.29 is 4.21 Å². The number of nitrogens with one attached hydrogen (secondary N) is 1. The van der Waals surface area contributed by atoms with Gasteiger partial charge < -0.3 is 5.32 Å². The Morgan fingerprint density at radius 3 is 2.67 bits per heavy atom. The van der Waals surface area contributed by atoms with Crippen LogP contribution in [0, 0.1) is 0 Å². The zero-order valence-electron chi connectivity index (χ0n) is 10.1. The topological polar surface area (TPSA) is 29.1 Å². The number of hydrogen-bond acceptors (Lipinski definition) is 3. The third kappa shape index (κ3) is 7.36. The van der Waals surface area contributed by atoms with Crippen LogP contribution < -0.4 is 5.32 Å². The SMILES string of the molecule is CS(=O)CCCCNC(=S)Sc1ccc(Cl)cc1. The highest BCUT2D eigenvalue weighted by Crippen LogP contribution is 2.20. The number of halogens is 1. The van der Waals surface area contributed by atoms with Gasteiger partial charge in [-0.1, -0.05) is 35.6 Å². The van der Waals surface area contributed by atoms with Crippen molar-refractivity contribution in [3.8, 4) is 0 Å². The summed E-state index contributed by atoms with van der Waals surface area (Å²) in [6, 6.07) is 7.59. The van der Waals surface area contributed by atoms with Gasteiger partial charge >= 0.3 is 0 Å². The van der Waals surface area contributed by atoms with E-state index in [0.29, 0.717) is 0 Å². The number of hydrogen-bond donors (Lipinski definition) is 1. The fourth-order valence-electron chi connectivity index (χ4n) is 1.27. The second kappa shape index (κ2) is 8.91. The number of rotatable bonds is 6. The van der Waals surface area contributed by atoms with Gasteiger partial charge in [-0.15, -0.1) is 0 Å². The molecule has 1 unspecified atom stereocenters. The van der Waals surface area contributed by atoms with Gasteiger partial charge in [-0.25, -0.2) is 0 Å². The molecule has 1 atom stereocenters. The molecule has 0 aliphatic heterocycles. The van der Waals surface area contributed by atoms with Gasteiger partial charge in [0.15, 0.2) is 0 Å². The van der Waals surface area contributed by atoms with E-state index in [1.165, 1.54) is 11.8 Å². The molecule has 18 heavy (non-hydrogen) atoms. The summed E-state index contributed by atoms with van der Waals surface area (Å²) < 4.78 is 11.6. The second-order valence-corrected chi connectivity index (χ2v) is 7.50. The fraction of sp³-hybridized carbons (Fsp3) is 0.417. The maximum absolute atomic E-state index is 10.9. The third-order valence-corrected chi connectivity index (χ3v) is 4.50. The van der Waals surface area contributed by atoms with E-state index in [1.807, 2.05) is 24.3 Å². The summed E-state index contributed by atoms with van der Waals surface area (Å²) >= 11 is 12.6. The predicted octanol–water partition coefficient (Wildman–Crippen LogP) is 3.47. The van der Waals surface area contributed by atoms with Crippen LogP contribution in [0.15, 0.2) is 29.2 Å². The van der Waals surface area contributed by atoms with E-state index in [4.69, 9.17) is 23.8 Å². The first-order valence-electron chi connectivity index (χ1n) is 5.59. The van der Waals surface area contributed by atoms with Crippen LogP contribution in [0.2, 0.25) is 5.02 Å². The molecule has 6 heteroatoms. The Morgan fingerprint density at radius 1 is 1.39 bits per heavy atom. The molecule has 0 saturated heterocycles. The monoisotopic (exact) mass is 321 g/mol. The van der Waals surface area contributed by atoms with E-state index in [9.17, 15) is 4.21 Å². The van der Waals surface area contributed by atoms with E-state index in [-0.39, 0.29) is 0 Å². The predicted molar refractivity (Wildman–Crippen MR) is 86.1 cm³/mol. The van der Waals surface area contributed by atoms with Crippen LogP contribution in [-0.2, 0) is 10.8 Å². The molecule has 0 bridgehead atoms. The van der Waals surface area contributed by atoms with Crippen molar-refractivity contribution in [2.75, 3.05) is 18.6 Å². The molecule has 0 radical (unpaired) electrons. The molecular weight excluding hydrogens is 306 g/mol. The molecule has 0 fully saturated rings. The lowest BCUT2D eigenvalue weighted by Crippen LogP contribution is -2.19. The van der Waals surface area contributed by atoms with E-state index >= 15 is 0 Å². The van der Waals surface area contributed by atoms with Gasteiger partial charge in [0.2, 0.25) is 0 Å². The normalized spacial score (nSPS) is 12.1. The van der Waals surface area contributed by atoms with Crippen molar-refractivity contribution in [1.29, 1.82) is 0 Å². The average Bonchev–Trinajstić information content (AvgIpc) is 2.31. The quantitative estimate of drug-likeness (QED) is 0.493. The van der Waals surface area contributed by atoms with E-state index < -0.39 is 10.8 Å². The van der Waals surface area contributed by atoms with Crippen molar-refractivity contribution in [3.05, 3.63) is 29.3 Å². The Morgan fingerprint density at radius 2 is 2.06 bits per heavy atom. The standard InChI is InChI=1S/C12H16ClNOS3/c1-18(15)9-3-2-8-14-12(16)17-11-6-4-10(13)5-7-11/h4-7H,2-3,8-9H2,1H3,(H,14,16). The number of benzene rings is 1. The van der Waals surface area contributed by atoms with Crippen LogP contribution in [0.4, 0.5) is 0 Å². The highest BCUT2D eigenvalue weighted by atomic mass is 35.5. The maximum atomic E-state index is 10.9. The first kappa shape index (κ1) is 16.0. The molecule has 0 aromatic heterocycles. The molecule has 0 amide bonds. The van der Waals surface area contributed by atoms with Crippen molar-refractivity contribution in [2.24, 2.45) is 0 Å². The molecule has 1 aromatic carbocycles. The zero-order valence-corrected chi connectivity index (χ0v) is 13.4. The molecule has 0 saturated carbocycles. The minimum absolute atomic E-state index is 0.692. The van der Waals surface area contributed by atoms with Crippen LogP contribution in [0.1, 0.15) is 12.8 Å². The van der Waals surface area contributed by atoms with Crippen molar-refractivity contribution in [3.63, 3.8) is 0 Å². The zero-order chi connectivity index (χ0) is 13.4. The summed E-state index contributed by atoms with van der Waals surface area (Å²) in [5.41, 5.74) is 0. The lowest BCUT2D eigenvalue weighted by molar-refractivity contribution is 0.680. The summed E-state index contributed by atoms with van der Waals surface area (Å²) in [6.07, 6.45) is 3.68. The molecule has 0 spiro atoms. The number of thiocarbonyl (C=S) groups is 1. The first-order valence-corrected chi connectivity index (χ1v) is 8.92. The molecular formula is C12H16ClNOS3. The molecule has 0 aliphatic rings. The highest BCUT2D eigenvalue weighted by molar-refractivity contribution is 8.23. The Balaban J connectivity index is 2.17. The molecule has 1 rings (SSSR count). The fourth-order valence-corrected chi connectivity index (χ4v) is 3.05. The summed E-state index contributed by atoms with van der Waals surface area (Å²) in [6.45, 7) is 0.830. The third-order valence-electron chi connectivity index (χ3n) is 2.15. The minimum Gasteiger partial charge on any atom is -0.371 e. The lowest BCUT2D eigenvalue weighted by atomic mass is 10.3. The smallest absolute Gasteiger partial charge is 0.138 e. The Hall–Kier alpha value is -0.100. The Bertz CT molecular complexity index is 408. The first-order chi connectivity index (χ1) is 8.58. The van der Waals surface area contributed by atoms with Crippen molar-refractivity contribution in [1.82, 2.24) is 5.32 Å². The molecule has 2 nitrogen and oxygen atoms in total. The van der Waals surface area contributed by atoms with Gasteiger partial charge in [-0.3, -0.25) is 4.21 Å². The molecule has 100 valence electrons. The molecule has 0 heterocycles. The second-order valence-electron chi connectivity index (χ2n) is 3.75. The van der Waals surface area contributed by atoms with Crippen molar-refractivity contribution >= 4 is 50.7 Å². The van der Waals surface area contributed by atoms with E-state index in [2.05, 4.69) is 5.32 Å². The summed E-state index contributed by atoms with van der Waals surface area (Å²) in [7, 11) is -0.692. The highest BCUT2D eigenvalue weighted by Gasteiger charge is 2.00. The van der Waals surface area contributed by atoms with Gasteiger partial charge in [0.05, 0.1) is 0 Å². The number of thioether (sulfide) groups is 1. The summed E-state index contributed by atoms with van der Waals surface area (Å²) in [5, 5.41) is 3.91. The van der Waals surface area contributed by atoms with E-state index in [1.54, 1.807) is 6.26 Å². The number of unbranched alkanes of at least 4 members (excludes halogenated alkanes) is 1. The molecule has 0 aliphatic carbocycles. The molecule has 1 N–H and O–H groups in total.